The molecule has 1 aliphatic rings. The minimum Gasteiger partial charge on any atom is -0.477 e. The predicted molar refractivity (Wildman–Crippen MR) is 64.2 cm³/mol. The zero-order valence-electron chi connectivity index (χ0n) is 8.70. The fourth-order valence-electron chi connectivity index (χ4n) is 1.23. The Morgan fingerprint density at radius 1 is 1.39 bits per heavy atom. The van der Waals surface area contributed by atoms with Crippen LogP contribution in [0.15, 0.2) is 40.4 Å². The van der Waals surface area contributed by atoms with Crippen molar-refractivity contribution in [3.8, 4) is 5.75 Å². The van der Waals surface area contributed by atoms with Crippen LogP contribution >= 0.6 is 11.6 Å². The number of carbonyl (C=O) groups is 1. The van der Waals surface area contributed by atoms with Gasteiger partial charge in [0.15, 0.2) is 4.91 Å². The highest BCUT2D eigenvalue weighted by molar-refractivity contribution is 8.10. The van der Waals surface area contributed by atoms with Crippen LogP contribution in [0.3, 0.4) is 0 Å². The number of aliphatic carboxylic acids is 1. The van der Waals surface area contributed by atoms with Gasteiger partial charge in [-0.25, -0.2) is 18.2 Å². The van der Waals surface area contributed by atoms with E-state index in [2.05, 4.69) is 4.99 Å². The molecule has 18 heavy (non-hydrogen) atoms. The van der Waals surface area contributed by atoms with Gasteiger partial charge in [0.25, 0.3) is 9.84 Å². The molecule has 0 aliphatic carbocycles. The molecule has 1 aromatic carbocycles. The lowest BCUT2D eigenvalue weighted by Crippen LogP contribution is -2.22. The highest BCUT2D eigenvalue weighted by Crippen LogP contribution is 2.23. The van der Waals surface area contributed by atoms with Crippen molar-refractivity contribution in [3.63, 3.8) is 0 Å². The van der Waals surface area contributed by atoms with Crippen molar-refractivity contribution in [2.45, 2.75) is 0 Å². The van der Waals surface area contributed by atoms with Gasteiger partial charge in [-0.05, 0) is 18.2 Å². The third-order valence-electron chi connectivity index (χ3n) is 2.02. The van der Waals surface area contributed by atoms with Gasteiger partial charge in [0.1, 0.15) is 5.75 Å². The van der Waals surface area contributed by atoms with Crippen LogP contribution in [-0.2, 0) is 14.6 Å². The standard InChI is InChI=1S/C10H6ClNO5S/c11-6-2-1-3-7(4-6)17-10-12-5-8(9(13)14)18(10,15)16/h1-5H,(H,13,14). The van der Waals surface area contributed by atoms with Crippen molar-refractivity contribution >= 4 is 32.6 Å². The summed E-state index contributed by atoms with van der Waals surface area (Å²) >= 11 is 5.70. The number of carboxylic acid groups (broad SMARTS) is 1. The van der Waals surface area contributed by atoms with Gasteiger partial charge < -0.3 is 9.84 Å². The van der Waals surface area contributed by atoms with E-state index in [0.29, 0.717) is 5.02 Å². The Morgan fingerprint density at radius 2 is 2.11 bits per heavy atom. The lowest BCUT2D eigenvalue weighted by molar-refractivity contribution is -0.131. The first-order valence-corrected chi connectivity index (χ1v) is 6.47. The maximum Gasteiger partial charge on any atom is 0.349 e. The first kappa shape index (κ1) is 12.6. The summed E-state index contributed by atoms with van der Waals surface area (Å²) in [6.07, 6.45) is 0.734. The minimum atomic E-state index is -4.19. The van der Waals surface area contributed by atoms with E-state index < -0.39 is 25.9 Å². The Bertz CT molecular complexity index is 677. The van der Waals surface area contributed by atoms with Gasteiger partial charge in [-0.15, -0.1) is 0 Å². The number of rotatable bonds is 2. The van der Waals surface area contributed by atoms with Crippen LogP contribution < -0.4 is 4.74 Å². The molecular weight excluding hydrogens is 282 g/mol. The summed E-state index contributed by atoms with van der Waals surface area (Å²) in [5.74, 6) is -1.42. The van der Waals surface area contributed by atoms with Gasteiger partial charge in [-0.2, -0.15) is 0 Å². The lowest BCUT2D eigenvalue weighted by atomic mass is 10.3. The average Bonchev–Trinajstić information content (AvgIpc) is 2.54. The van der Waals surface area contributed by atoms with E-state index in [0.717, 1.165) is 6.20 Å². The Balaban J connectivity index is 2.27. The summed E-state index contributed by atoms with van der Waals surface area (Å²) in [5.41, 5.74) is 0. The molecule has 0 saturated heterocycles. The number of aliphatic imine (C=N–C) groups is 1. The number of nitrogens with zero attached hydrogens (tertiary/aromatic N) is 1. The molecule has 8 heteroatoms. The molecule has 0 fully saturated rings. The monoisotopic (exact) mass is 287 g/mol. The topological polar surface area (TPSA) is 93.0 Å². The predicted octanol–water partition coefficient (Wildman–Crippen LogP) is 1.43. The molecule has 1 heterocycles. The number of hydrogen-bond donors (Lipinski definition) is 1. The van der Waals surface area contributed by atoms with Crippen molar-refractivity contribution < 1.29 is 23.1 Å². The van der Waals surface area contributed by atoms with Crippen molar-refractivity contribution in [1.82, 2.24) is 0 Å². The van der Waals surface area contributed by atoms with Crippen molar-refractivity contribution in [2.75, 3.05) is 0 Å². The van der Waals surface area contributed by atoms with E-state index in [1.807, 2.05) is 0 Å². The minimum absolute atomic E-state index is 0.157. The molecule has 0 saturated carbocycles. The second kappa shape index (κ2) is 4.43. The zero-order chi connectivity index (χ0) is 13.3. The largest absolute Gasteiger partial charge is 0.477 e. The van der Waals surface area contributed by atoms with Crippen molar-refractivity contribution in [1.29, 1.82) is 0 Å². The lowest BCUT2D eigenvalue weighted by Gasteiger charge is -2.05. The SMILES string of the molecule is O=C(O)C1=CN=C(Oc2cccc(Cl)c2)S1(=O)=O. The number of halogens is 1. The molecule has 2 rings (SSSR count). The molecule has 1 N–H and O–H groups in total. The van der Waals surface area contributed by atoms with Gasteiger partial charge in [-0.1, -0.05) is 17.7 Å². The van der Waals surface area contributed by atoms with Crippen LogP contribution in [0, 0.1) is 0 Å². The highest BCUT2D eigenvalue weighted by Gasteiger charge is 2.36. The van der Waals surface area contributed by atoms with Crippen molar-refractivity contribution in [3.05, 3.63) is 40.4 Å². The maximum atomic E-state index is 11.7. The van der Waals surface area contributed by atoms with Gasteiger partial charge in [0.2, 0.25) is 0 Å². The van der Waals surface area contributed by atoms with Crippen LogP contribution in [0.1, 0.15) is 0 Å². The Kier molecular flexibility index (Phi) is 3.10. The molecule has 1 aromatic rings. The molecule has 0 bridgehead atoms. The first-order valence-electron chi connectivity index (χ1n) is 4.61. The molecular formula is C10H6ClNO5S. The van der Waals surface area contributed by atoms with E-state index in [1.54, 1.807) is 12.1 Å². The number of sulfone groups is 1. The number of carboxylic acids is 1. The normalized spacial score (nSPS) is 16.9. The summed E-state index contributed by atoms with van der Waals surface area (Å²) in [6.45, 7) is 0. The quantitative estimate of drug-likeness (QED) is 0.888. The molecule has 0 unspecified atom stereocenters. The molecule has 94 valence electrons. The molecule has 6 nitrogen and oxygen atoms in total. The van der Waals surface area contributed by atoms with Crippen molar-refractivity contribution in [2.24, 2.45) is 4.99 Å². The molecule has 0 amide bonds. The van der Waals surface area contributed by atoms with Gasteiger partial charge in [0, 0.05) is 5.02 Å². The van der Waals surface area contributed by atoms with E-state index >= 15 is 0 Å². The fraction of sp³-hybridized carbons (Fsp3) is 0. The number of benzene rings is 1. The Labute approximate surface area is 107 Å². The summed E-state index contributed by atoms with van der Waals surface area (Å²) in [4.78, 5) is 13.3. The van der Waals surface area contributed by atoms with Gasteiger partial charge in [-0.3, -0.25) is 0 Å². The average molecular weight is 288 g/mol. The molecule has 0 aromatic heterocycles. The Morgan fingerprint density at radius 3 is 2.67 bits per heavy atom. The first-order chi connectivity index (χ1) is 8.41. The van der Waals surface area contributed by atoms with E-state index in [-0.39, 0.29) is 5.75 Å². The second-order valence-electron chi connectivity index (χ2n) is 3.26. The van der Waals surface area contributed by atoms with E-state index in [1.165, 1.54) is 12.1 Å². The molecule has 1 aliphatic heterocycles. The highest BCUT2D eigenvalue weighted by atomic mass is 35.5. The molecule has 0 spiro atoms. The zero-order valence-corrected chi connectivity index (χ0v) is 10.3. The van der Waals surface area contributed by atoms with E-state index in [9.17, 15) is 13.2 Å². The van der Waals surface area contributed by atoms with E-state index in [4.69, 9.17) is 21.4 Å². The van der Waals surface area contributed by atoms with Crippen LogP contribution in [0.25, 0.3) is 0 Å². The van der Waals surface area contributed by atoms with Crippen LogP contribution in [0.5, 0.6) is 5.75 Å². The van der Waals surface area contributed by atoms with Gasteiger partial charge >= 0.3 is 11.2 Å². The summed E-state index contributed by atoms with van der Waals surface area (Å²) in [6, 6.07) is 6.01. The summed E-state index contributed by atoms with van der Waals surface area (Å²) in [7, 11) is -4.19. The Hall–Kier alpha value is -1.86. The van der Waals surface area contributed by atoms with Crippen LogP contribution in [0.2, 0.25) is 5.02 Å². The molecule has 0 atom stereocenters. The van der Waals surface area contributed by atoms with Crippen LogP contribution in [-0.4, -0.2) is 24.7 Å². The fourth-order valence-corrected chi connectivity index (χ4v) is 2.41. The summed E-state index contributed by atoms with van der Waals surface area (Å²) < 4.78 is 28.4. The third-order valence-corrected chi connectivity index (χ3v) is 3.76. The van der Waals surface area contributed by atoms with Crippen LogP contribution in [0.4, 0.5) is 0 Å². The third kappa shape index (κ3) is 2.22. The maximum absolute atomic E-state index is 11.7. The summed E-state index contributed by atoms with van der Waals surface area (Å²) in [5, 5.41) is 8.36. The number of hydrogen-bond acceptors (Lipinski definition) is 5. The smallest absolute Gasteiger partial charge is 0.349 e. The van der Waals surface area contributed by atoms with Gasteiger partial charge in [0.05, 0.1) is 6.20 Å². The number of ether oxygens (including phenoxy) is 1. The second-order valence-corrected chi connectivity index (χ2v) is 5.49. The molecule has 0 radical (unpaired) electrons.